The lowest BCUT2D eigenvalue weighted by Gasteiger charge is -2.09. The lowest BCUT2D eigenvalue weighted by Crippen LogP contribution is -2.40. The maximum atomic E-state index is 10.8. The molecule has 0 heterocycles. The van der Waals surface area contributed by atoms with E-state index in [2.05, 4.69) is 10.6 Å². The first-order chi connectivity index (χ1) is 6.45. The fourth-order valence-electron chi connectivity index (χ4n) is 0.667. The fourth-order valence-corrected chi connectivity index (χ4v) is 0.667. The molecule has 14 heavy (non-hydrogen) atoms. The maximum absolute atomic E-state index is 10.8. The molecule has 0 aromatic heterocycles. The predicted octanol–water partition coefficient (Wildman–Crippen LogP) is -2.02. The normalized spacial score (nSPS) is 14.3. The summed E-state index contributed by atoms with van der Waals surface area (Å²) in [6, 6.07) is 0. The van der Waals surface area contributed by atoms with E-state index in [0.717, 1.165) is 0 Å². The summed E-state index contributed by atoms with van der Waals surface area (Å²) in [5.41, 5.74) is 0. The van der Waals surface area contributed by atoms with Gasteiger partial charge in [-0.1, -0.05) is 0 Å². The van der Waals surface area contributed by atoms with Crippen molar-refractivity contribution < 1.29 is 19.8 Å². The zero-order valence-electron chi connectivity index (χ0n) is 8.28. The fraction of sp³-hybridized carbons (Fsp3) is 0.750. The monoisotopic (exact) mass is 204 g/mol. The topological polar surface area (TPSA) is 98.7 Å². The third-order valence-corrected chi connectivity index (χ3v) is 1.48. The van der Waals surface area contributed by atoms with Gasteiger partial charge in [0.1, 0.15) is 12.2 Å². The molecule has 0 aliphatic heterocycles. The average molecular weight is 204 g/mol. The van der Waals surface area contributed by atoms with Gasteiger partial charge >= 0.3 is 0 Å². The van der Waals surface area contributed by atoms with Crippen molar-refractivity contribution >= 4 is 11.8 Å². The second-order valence-electron chi connectivity index (χ2n) is 2.93. The van der Waals surface area contributed by atoms with Gasteiger partial charge in [0.25, 0.3) is 0 Å². The molecule has 0 aromatic rings. The summed E-state index contributed by atoms with van der Waals surface area (Å²) < 4.78 is 0. The lowest BCUT2D eigenvalue weighted by molar-refractivity contribution is -0.130. The molecule has 0 fully saturated rings. The average Bonchev–Trinajstić information content (AvgIpc) is 2.11. The van der Waals surface area contributed by atoms with E-state index >= 15 is 0 Å². The van der Waals surface area contributed by atoms with Crippen molar-refractivity contribution in [3.63, 3.8) is 0 Å². The van der Waals surface area contributed by atoms with Crippen LogP contribution < -0.4 is 10.6 Å². The first-order valence-corrected chi connectivity index (χ1v) is 4.36. The Hall–Kier alpha value is -1.14. The van der Waals surface area contributed by atoms with Crippen LogP contribution in [0.3, 0.4) is 0 Å². The van der Waals surface area contributed by atoms with E-state index in [0.29, 0.717) is 0 Å². The molecule has 0 aliphatic rings. The Bertz CT molecular complexity index is 182. The van der Waals surface area contributed by atoms with Crippen molar-refractivity contribution in [2.45, 2.75) is 26.1 Å². The second-order valence-corrected chi connectivity index (χ2v) is 2.93. The molecule has 0 saturated carbocycles. The Morgan fingerprint density at radius 3 is 1.50 bits per heavy atom. The van der Waals surface area contributed by atoms with Crippen LogP contribution >= 0.6 is 0 Å². The lowest BCUT2D eigenvalue weighted by atomic mass is 10.3. The molecule has 0 aromatic carbocycles. The molecule has 0 unspecified atom stereocenters. The highest BCUT2D eigenvalue weighted by Crippen LogP contribution is 1.79. The number of amides is 2. The molecule has 0 rings (SSSR count). The Kier molecular flexibility index (Phi) is 5.82. The Morgan fingerprint density at radius 1 is 1.00 bits per heavy atom. The maximum Gasteiger partial charge on any atom is 0.248 e. The minimum absolute atomic E-state index is 0.224. The highest BCUT2D eigenvalue weighted by Gasteiger charge is 2.09. The number of rotatable bonds is 5. The van der Waals surface area contributed by atoms with Crippen molar-refractivity contribution in [2.24, 2.45) is 0 Å². The van der Waals surface area contributed by atoms with Crippen LogP contribution in [0, 0.1) is 0 Å². The summed E-state index contributed by atoms with van der Waals surface area (Å²) in [5.74, 6) is -0.979. The van der Waals surface area contributed by atoms with Gasteiger partial charge < -0.3 is 20.8 Å². The van der Waals surface area contributed by atoms with Crippen LogP contribution in [0.5, 0.6) is 0 Å². The van der Waals surface area contributed by atoms with E-state index in [1.807, 2.05) is 0 Å². The van der Waals surface area contributed by atoms with Crippen LogP contribution in [0.25, 0.3) is 0 Å². The zero-order valence-corrected chi connectivity index (χ0v) is 8.28. The second kappa shape index (κ2) is 6.33. The van der Waals surface area contributed by atoms with Crippen LogP contribution in [-0.2, 0) is 9.59 Å². The van der Waals surface area contributed by atoms with E-state index in [1.165, 1.54) is 13.8 Å². The van der Waals surface area contributed by atoms with E-state index in [1.54, 1.807) is 0 Å². The van der Waals surface area contributed by atoms with Crippen molar-refractivity contribution in [2.75, 3.05) is 13.1 Å². The summed E-state index contributed by atoms with van der Waals surface area (Å²) in [5, 5.41) is 22.3. The van der Waals surface area contributed by atoms with Crippen LogP contribution in [0.1, 0.15) is 13.8 Å². The molecular weight excluding hydrogens is 188 g/mol. The Labute approximate surface area is 82.3 Å². The van der Waals surface area contributed by atoms with Crippen molar-refractivity contribution in [1.29, 1.82) is 0 Å². The molecule has 4 N–H and O–H groups in total. The third kappa shape index (κ3) is 5.50. The van der Waals surface area contributed by atoms with E-state index in [9.17, 15) is 9.59 Å². The van der Waals surface area contributed by atoms with Crippen molar-refractivity contribution in [3.8, 4) is 0 Å². The van der Waals surface area contributed by atoms with Crippen LogP contribution in [0.2, 0.25) is 0 Å². The number of aliphatic hydroxyl groups is 2. The van der Waals surface area contributed by atoms with Gasteiger partial charge in [0.05, 0.1) is 0 Å². The molecule has 0 spiro atoms. The molecule has 6 nitrogen and oxygen atoms in total. The molecule has 2 atom stereocenters. The summed E-state index contributed by atoms with van der Waals surface area (Å²) in [6.07, 6.45) is -2.11. The van der Waals surface area contributed by atoms with Gasteiger partial charge in [-0.15, -0.1) is 0 Å². The number of hydrogen-bond donors (Lipinski definition) is 4. The summed E-state index contributed by atoms with van der Waals surface area (Å²) >= 11 is 0. The van der Waals surface area contributed by atoms with Gasteiger partial charge in [-0.25, -0.2) is 0 Å². The van der Waals surface area contributed by atoms with Gasteiger partial charge in [-0.3, -0.25) is 9.59 Å². The van der Waals surface area contributed by atoms with Gasteiger partial charge in [0, 0.05) is 13.1 Å². The zero-order chi connectivity index (χ0) is 11.1. The highest BCUT2D eigenvalue weighted by molar-refractivity contribution is 5.81. The smallest absolute Gasteiger partial charge is 0.248 e. The predicted molar refractivity (Wildman–Crippen MR) is 49.4 cm³/mol. The summed E-state index contributed by atoms with van der Waals surface area (Å²) in [6.45, 7) is 3.15. The SMILES string of the molecule is C[C@H](O)C(=O)NCCNC(=O)[C@H](C)O. The number of aliphatic hydroxyl groups excluding tert-OH is 2. The molecular formula is C8H16N2O4. The van der Waals surface area contributed by atoms with Crippen molar-refractivity contribution in [1.82, 2.24) is 10.6 Å². The number of carbonyl (C=O) groups is 2. The minimum atomic E-state index is -1.05. The van der Waals surface area contributed by atoms with Crippen molar-refractivity contribution in [3.05, 3.63) is 0 Å². The number of nitrogens with one attached hydrogen (secondary N) is 2. The number of hydrogen-bond acceptors (Lipinski definition) is 4. The van der Waals surface area contributed by atoms with Crippen LogP contribution in [0.4, 0.5) is 0 Å². The van der Waals surface area contributed by atoms with Crippen LogP contribution in [0.15, 0.2) is 0 Å². The summed E-state index contributed by atoms with van der Waals surface area (Å²) in [7, 11) is 0. The summed E-state index contributed by atoms with van der Waals surface area (Å²) in [4.78, 5) is 21.6. The molecule has 2 amide bonds. The standard InChI is InChI=1S/C8H16N2O4/c1-5(11)7(13)9-3-4-10-8(14)6(2)12/h5-6,11-12H,3-4H2,1-2H3,(H,9,13)(H,10,14)/t5-,6-/m0/s1. The molecule has 6 heteroatoms. The van der Waals surface area contributed by atoms with E-state index in [-0.39, 0.29) is 13.1 Å². The van der Waals surface area contributed by atoms with Gasteiger partial charge in [-0.05, 0) is 13.8 Å². The quantitative estimate of drug-likeness (QED) is 0.388. The molecule has 0 bridgehead atoms. The Balaban J connectivity index is 3.48. The first kappa shape index (κ1) is 12.9. The van der Waals surface area contributed by atoms with Crippen LogP contribution in [-0.4, -0.2) is 47.3 Å². The molecule has 82 valence electrons. The molecule has 0 radical (unpaired) electrons. The highest BCUT2D eigenvalue weighted by atomic mass is 16.3. The van der Waals surface area contributed by atoms with E-state index < -0.39 is 24.0 Å². The van der Waals surface area contributed by atoms with Gasteiger partial charge in [0.15, 0.2) is 0 Å². The first-order valence-electron chi connectivity index (χ1n) is 4.36. The third-order valence-electron chi connectivity index (χ3n) is 1.48. The van der Waals surface area contributed by atoms with E-state index in [4.69, 9.17) is 10.2 Å². The minimum Gasteiger partial charge on any atom is -0.384 e. The number of carbonyl (C=O) groups excluding carboxylic acids is 2. The largest absolute Gasteiger partial charge is 0.384 e. The van der Waals surface area contributed by atoms with Gasteiger partial charge in [-0.2, -0.15) is 0 Å². The molecule has 0 saturated heterocycles. The molecule has 0 aliphatic carbocycles. The Morgan fingerprint density at radius 2 is 1.29 bits per heavy atom. The van der Waals surface area contributed by atoms with Gasteiger partial charge in [0.2, 0.25) is 11.8 Å².